The van der Waals surface area contributed by atoms with E-state index in [9.17, 15) is 9.90 Å². The minimum absolute atomic E-state index is 0.122. The molecule has 0 fully saturated rings. The lowest BCUT2D eigenvalue weighted by molar-refractivity contribution is -0.121. The number of aryl methyl sites for hydroxylation is 1. The molecule has 3 N–H and O–H groups in total. The van der Waals surface area contributed by atoms with Gasteiger partial charge in [0.25, 0.3) is 0 Å². The normalized spacial score (nSPS) is 18.5. The van der Waals surface area contributed by atoms with Crippen LogP contribution in [0.5, 0.6) is 5.75 Å². The average molecular weight is 329 g/mol. The van der Waals surface area contributed by atoms with Crippen molar-refractivity contribution in [2.45, 2.75) is 58.6 Å². The lowest BCUT2D eigenvalue weighted by Crippen LogP contribution is -2.35. The summed E-state index contributed by atoms with van der Waals surface area (Å²) < 4.78 is 57.1. The fourth-order valence-corrected chi connectivity index (χ4v) is 1.84. The van der Waals surface area contributed by atoms with Crippen LogP contribution >= 0.6 is 0 Å². The van der Waals surface area contributed by atoms with Crippen LogP contribution in [0.1, 0.15) is 49.1 Å². The van der Waals surface area contributed by atoms with E-state index in [2.05, 4.69) is 5.32 Å². The number of hydrogen-bond acceptors (Lipinski definition) is 4. The summed E-state index contributed by atoms with van der Waals surface area (Å²) in [5.74, 6) is -0.292. The molecule has 1 rings (SSSR count). The van der Waals surface area contributed by atoms with Crippen LogP contribution in [0.2, 0.25) is 0 Å². The lowest BCUT2D eigenvalue weighted by Gasteiger charge is -2.15. The summed E-state index contributed by atoms with van der Waals surface area (Å²) in [6.07, 6.45) is -0.602. The first-order valence-corrected chi connectivity index (χ1v) is 7.60. The van der Waals surface area contributed by atoms with E-state index in [1.54, 1.807) is 24.3 Å². The molecule has 0 saturated carbocycles. The van der Waals surface area contributed by atoms with Gasteiger partial charge in [-0.25, -0.2) is 0 Å². The second kappa shape index (κ2) is 10.2. The Morgan fingerprint density at radius 2 is 2.04 bits per heavy atom. The zero-order valence-electron chi connectivity index (χ0n) is 20.6. The molecule has 0 saturated heterocycles. The molecule has 1 aromatic rings. The maximum atomic E-state index is 12.1. The molecule has 0 aliphatic rings. The van der Waals surface area contributed by atoms with Crippen LogP contribution in [0.15, 0.2) is 24.3 Å². The SMILES string of the molecule is [2H]C([2H])([2H])C([2H])(NC(=O)CCc1ccc(OCC(O)CNC(C)C)cc1)C([2H])([2H])[2H]. The number of ether oxygens (including phenoxy) is 1. The fraction of sp³-hybridized carbons (Fsp3) is 0.611. The molecule has 0 spiro atoms. The van der Waals surface area contributed by atoms with Crippen molar-refractivity contribution < 1.29 is 24.2 Å². The van der Waals surface area contributed by atoms with Crippen molar-refractivity contribution in [1.29, 1.82) is 0 Å². The van der Waals surface area contributed by atoms with Crippen molar-refractivity contribution in [3.63, 3.8) is 0 Å². The average Bonchev–Trinajstić information content (AvgIpc) is 2.62. The van der Waals surface area contributed by atoms with E-state index in [0.717, 1.165) is 5.56 Å². The van der Waals surface area contributed by atoms with Gasteiger partial charge in [0.15, 0.2) is 0 Å². The summed E-state index contributed by atoms with van der Waals surface area (Å²) in [6, 6.07) is 3.97. The Morgan fingerprint density at radius 3 is 2.65 bits per heavy atom. The Labute approximate surface area is 149 Å². The monoisotopic (exact) mass is 329 g/mol. The van der Waals surface area contributed by atoms with Gasteiger partial charge in [-0.3, -0.25) is 4.79 Å². The largest absolute Gasteiger partial charge is 0.491 e. The molecule has 130 valence electrons. The Bertz CT molecular complexity index is 662. The maximum Gasteiger partial charge on any atom is 0.220 e. The van der Waals surface area contributed by atoms with E-state index in [1.807, 2.05) is 19.2 Å². The molecule has 0 bridgehead atoms. The molecule has 5 heteroatoms. The van der Waals surface area contributed by atoms with Gasteiger partial charge >= 0.3 is 0 Å². The van der Waals surface area contributed by atoms with Gasteiger partial charge in [0.05, 0.1) is 1.37 Å². The molecule has 1 amide bonds. The zero-order valence-corrected chi connectivity index (χ0v) is 13.6. The van der Waals surface area contributed by atoms with Gasteiger partial charge in [0, 0.05) is 33.2 Å². The van der Waals surface area contributed by atoms with Crippen molar-refractivity contribution in [3.05, 3.63) is 29.8 Å². The minimum Gasteiger partial charge on any atom is -0.491 e. The van der Waals surface area contributed by atoms with Crippen molar-refractivity contribution >= 4 is 5.91 Å². The number of benzene rings is 1. The van der Waals surface area contributed by atoms with Gasteiger partial charge in [-0.1, -0.05) is 26.0 Å². The van der Waals surface area contributed by atoms with Gasteiger partial charge in [-0.2, -0.15) is 0 Å². The van der Waals surface area contributed by atoms with Gasteiger partial charge < -0.3 is 20.5 Å². The first kappa shape index (κ1) is 11.0. The van der Waals surface area contributed by atoms with E-state index < -0.39 is 31.7 Å². The highest BCUT2D eigenvalue weighted by atomic mass is 16.5. The van der Waals surface area contributed by atoms with Crippen molar-refractivity contribution in [2.24, 2.45) is 0 Å². The fourth-order valence-electron chi connectivity index (χ4n) is 1.84. The lowest BCUT2D eigenvalue weighted by atomic mass is 10.1. The molecule has 0 aliphatic heterocycles. The summed E-state index contributed by atoms with van der Waals surface area (Å²) in [7, 11) is 0. The zero-order chi connectivity index (χ0) is 23.2. The number of carbonyl (C=O) groups excluding carboxylic acids is 1. The highest BCUT2D eigenvalue weighted by molar-refractivity contribution is 5.76. The summed E-state index contributed by atoms with van der Waals surface area (Å²) in [5, 5.41) is 14.8. The second-order valence-electron chi connectivity index (χ2n) is 5.59. The smallest absolute Gasteiger partial charge is 0.220 e. The number of rotatable bonds is 10. The minimum atomic E-state index is -3.21. The van der Waals surface area contributed by atoms with Crippen LogP contribution in [-0.4, -0.2) is 42.3 Å². The molecule has 1 unspecified atom stereocenters. The predicted molar refractivity (Wildman–Crippen MR) is 92.7 cm³/mol. The predicted octanol–water partition coefficient (Wildman–Crippen LogP) is 1.88. The number of aliphatic hydroxyl groups is 1. The molecule has 0 aliphatic carbocycles. The third kappa shape index (κ3) is 9.21. The molecule has 1 aromatic carbocycles. The summed E-state index contributed by atoms with van der Waals surface area (Å²) >= 11 is 0. The first-order valence-electron chi connectivity index (χ1n) is 11.1. The molecule has 0 radical (unpaired) electrons. The van der Waals surface area contributed by atoms with E-state index >= 15 is 0 Å². The molecular formula is C18H30N2O3. The van der Waals surface area contributed by atoms with E-state index in [-0.39, 0.29) is 25.5 Å². The highest BCUT2D eigenvalue weighted by Crippen LogP contribution is 2.13. The molecule has 0 aromatic heterocycles. The Morgan fingerprint density at radius 1 is 1.35 bits per heavy atom. The first-order chi connectivity index (χ1) is 13.7. The summed E-state index contributed by atoms with van der Waals surface area (Å²) in [6.45, 7) is -1.93. The van der Waals surface area contributed by atoms with Crippen LogP contribution in [0.3, 0.4) is 0 Å². The van der Waals surface area contributed by atoms with E-state index in [1.165, 1.54) is 0 Å². The van der Waals surface area contributed by atoms with Crippen molar-refractivity contribution in [3.8, 4) is 5.75 Å². The van der Waals surface area contributed by atoms with E-state index in [0.29, 0.717) is 12.3 Å². The van der Waals surface area contributed by atoms with Gasteiger partial charge in [0.2, 0.25) is 5.91 Å². The summed E-state index contributed by atoms with van der Waals surface area (Å²) in [5.41, 5.74) is 0.748. The van der Waals surface area contributed by atoms with Crippen molar-refractivity contribution in [2.75, 3.05) is 13.2 Å². The van der Waals surface area contributed by atoms with Crippen molar-refractivity contribution in [1.82, 2.24) is 10.6 Å². The molecule has 5 nitrogen and oxygen atoms in total. The number of aliphatic hydroxyl groups excluding tert-OH is 1. The number of amides is 1. The second-order valence-corrected chi connectivity index (χ2v) is 5.59. The van der Waals surface area contributed by atoms with Crippen LogP contribution in [0, 0.1) is 0 Å². The van der Waals surface area contributed by atoms with Crippen LogP contribution in [0.4, 0.5) is 0 Å². The molecule has 0 heterocycles. The third-order valence-corrected chi connectivity index (χ3v) is 3.03. The van der Waals surface area contributed by atoms with Crippen LogP contribution < -0.4 is 15.4 Å². The molecule has 23 heavy (non-hydrogen) atoms. The van der Waals surface area contributed by atoms with Crippen LogP contribution in [0.25, 0.3) is 0 Å². The van der Waals surface area contributed by atoms with Crippen LogP contribution in [-0.2, 0) is 11.2 Å². The Balaban J connectivity index is 2.56. The molecule has 1 atom stereocenters. The quantitative estimate of drug-likeness (QED) is 0.613. The number of carbonyl (C=O) groups is 1. The van der Waals surface area contributed by atoms with Gasteiger partial charge in [-0.15, -0.1) is 0 Å². The number of hydrogen-bond donors (Lipinski definition) is 3. The van der Waals surface area contributed by atoms with E-state index in [4.69, 9.17) is 14.3 Å². The van der Waals surface area contributed by atoms with Gasteiger partial charge in [0.1, 0.15) is 18.5 Å². The summed E-state index contributed by atoms with van der Waals surface area (Å²) in [4.78, 5) is 12.1. The molecular weight excluding hydrogens is 292 g/mol. The Kier molecular flexibility index (Phi) is 4.92. The maximum absolute atomic E-state index is 12.1. The Hall–Kier alpha value is -1.59. The standard InChI is InChI=1S/C18H30N2O3/c1-13(2)19-11-16(21)12-23-17-8-5-15(6-9-17)7-10-18(22)20-14(3)4/h5-6,8-9,13-14,16,19,21H,7,10-12H2,1-4H3,(H,20,22)/i3D3,4D3,14D. The highest BCUT2D eigenvalue weighted by Gasteiger charge is 2.07. The third-order valence-electron chi connectivity index (χ3n) is 3.03. The number of nitrogens with one attached hydrogen (secondary N) is 2. The van der Waals surface area contributed by atoms with Gasteiger partial charge in [-0.05, 0) is 37.8 Å². The topological polar surface area (TPSA) is 70.6 Å².